The first-order valence-corrected chi connectivity index (χ1v) is 10.1. The van der Waals surface area contributed by atoms with Crippen molar-refractivity contribution in [2.45, 2.75) is 19.3 Å². The number of hydrogen-bond acceptors (Lipinski definition) is 5. The van der Waals surface area contributed by atoms with Gasteiger partial charge in [-0.2, -0.15) is 9.78 Å². The molecule has 1 N–H and O–H groups in total. The van der Waals surface area contributed by atoms with E-state index in [-0.39, 0.29) is 11.8 Å². The molecule has 1 aliphatic rings. The van der Waals surface area contributed by atoms with Crippen LogP contribution in [0.1, 0.15) is 29.2 Å². The highest BCUT2D eigenvalue weighted by atomic mass is 79.9. The van der Waals surface area contributed by atoms with Crippen LogP contribution in [-0.4, -0.2) is 25.7 Å². The highest BCUT2D eigenvalue weighted by Crippen LogP contribution is 2.41. The number of hydrogen-bond donors (Lipinski definition) is 1. The summed E-state index contributed by atoms with van der Waals surface area (Å²) in [7, 11) is 0. The van der Waals surface area contributed by atoms with Gasteiger partial charge in [0.15, 0.2) is 0 Å². The number of pyridine rings is 1. The maximum absolute atomic E-state index is 12.4. The first kappa shape index (κ1) is 16.6. The SMILES string of the molecule is Cc1nn(-c2nc3ccc(Br)cc3s2)c2c1C(c1ccncc1)CC(=O)N2. The largest absolute Gasteiger partial charge is 0.310 e. The third kappa shape index (κ3) is 2.76. The van der Waals surface area contributed by atoms with Crippen LogP contribution in [0, 0.1) is 6.92 Å². The second kappa shape index (κ2) is 6.24. The maximum atomic E-state index is 12.4. The molecule has 1 amide bonds. The summed E-state index contributed by atoms with van der Waals surface area (Å²) in [5.41, 5.74) is 3.92. The van der Waals surface area contributed by atoms with Crippen molar-refractivity contribution in [2.24, 2.45) is 0 Å². The van der Waals surface area contributed by atoms with Crippen molar-refractivity contribution < 1.29 is 4.79 Å². The lowest BCUT2D eigenvalue weighted by Crippen LogP contribution is -2.24. The van der Waals surface area contributed by atoms with Crippen LogP contribution in [0.15, 0.2) is 47.2 Å². The molecule has 1 unspecified atom stereocenters. The van der Waals surface area contributed by atoms with Crippen molar-refractivity contribution >= 4 is 49.2 Å². The molecule has 0 spiro atoms. The number of nitrogens with zero attached hydrogens (tertiary/aromatic N) is 4. The molecule has 4 aromatic rings. The van der Waals surface area contributed by atoms with Crippen molar-refractivity contribution in [3.8, 4) is 5.13 Å². The number of anilines is 1. The number of amides is 1. The zero-order valence-corrected chi connectivity index (χ0v) is 16.7. The average molecular weight is 440 g/mol. The Morgan fingerprint density at radius 2 is 2.07 bits per heavy atom. The van der Waals surface area contributed by atoms with Gasteiger partial charge in [0, 0.05) is 34.8 Å². The lowest BCUT2D eigenvalue weighted by atomic mass is 9.86. The summed E-state index contributed by atoms with van der Waals surface area (Å²) < 4.78 is 3.83. The van der Waals surface area contributed by atoms with Crippen molar-refractivity contribution in [1.29, 1.82) is 0 Å². The van der Waals surface area contributed by atoms with Crippen molar-refractivity contribution in [3.63, 3.8) is 0 Å². The molecular weight excluding hydrogens is 426 g/mol. The van der Waals surface area contributed by atoms with E-state index in [0.29, 0.717) is 12.2 Å². The van der Waals surface area contributed by atoms with Crippen LogP contribution >= 0.6 is 27.3 Å². The summed E-state index contributed by atoms with van der Waals surface area (Å²) in [6.45, 7) is 1.98. The van der Waals surface area contributed by atoms with Gasteiger partial charge >= 0.3 is 0 Å². The lowest BCUT2D eigenvalue weighted by molar-refractivity contribution is -0.116. The highest BCUT2D eigenvalue weighted by Gasteiger charge is 2.33. The van der Waals surface area contributed by atoms with Gasteiger partial charge in [0.1, 0.15) is 5.82 Å². The first-order valence-electron chi connectivity index (χ1n) is 8.46. The van der Waals surface area contributed by atoms with E-state index in [2.05, 4.69) is 26.2 Å². The molecule has 0 bridgehead atoms. The second-order valence-electron chi connectivity index (χ2n) is 6.45. The van der Waals surface area contributed by atoms with E-state index in [1.54, 1.807) is 28.4 Å². The fraction of sp³-hybridized carbons (Fsp3) is 0.158. The van der Waals surface area contributed by atoms with Gasteiger partial charge in [-0.05, 0) is 42.8 Å². The van der Waals surface area contributed by atoms with Crippen LogP contribution < -0.4 is 5.32 Å². The summed E-state index contributed by atoms with van der Waals surface area (Å²) in [5.74, 6) is 0.659. The minimum absolute atomic E-state index is 0.0192. The zero-order valence-electron chi connectivity index (χ0n) is 14.3. The maximum Gasteiger partial charge on any atom is 0.226 e. The predicted molar refractivity (Wildman–Crippen MR) is 109 cm³/mol. The molecule has 4 heterocycles. The van der Waals surface area contributed by atoms with Crippen LogP contribution in [0.5, 0.6) is 0 Å². The van der Waals surface area contributed by atoms with E-state index in [0.717, 1.165) is 36.6 Å². The molecule has 134 valence electrons. The summed E-state index contributed by atoms with van der Waals surface area (Å²) in [6.07, 6.45) is 3.91. The number of rotatable bonds is 2. The van der Waals surface area contributed by atoms with Gasteiger partial charge in [-0.15, -0.1) is 0 Å². The Bertz CT molecular complexity index is 1180. The summed E-state index contributed by atoms with van der Waals surface area (Å²) >= 11 is 5.05. The van der Waals surface area contributed by atoms with E-state index in [1.807, 2.05) is 37.3 Å². The number of thiazole rings is 1. The number of fused-ring (bicyclic) bond motifs is 2. The Morgan fingerprint density at radius 3 is 2.89 bits per heavy atom. The number of halogens is 1. The molecule has 27 heavy (non-hydrogen) atoms. The van der Waals surface area contributed by atoms with E-state index < -0.39 is 0 Å². The summed E-state index contributed by atoms with van der Waals surface area (Å²) in [4.78, 5) is 21.2. The standard InChI is InChI=1S/C19H14BrN5OS/c1-10-17-13(11-4-6-21-7-5-11)9-16(26)23-18(17)25(24-10)19-22-14-3-2-12(20)8-15(14)27-19/h2-8,13H,9H2,1H3,(H,23,26). The molecule has 6 nitrogen and oxygen atoms in total. The summed E-state index contributed by atoms with van der Waals surface area (Å²) in [5, 5.41) is 8.46. The molecule has 1 aromatic carbocycles. The number of carbonyl (C=O) groups excluding carboxylic acids is 1. The third-order valence-electron chi connectivity index (χ3n) is 4.73. The number of aryl methyl sites for hydroxylation is 1. The van der Waals surface area contributed by atoms with Crippen LogP contribution in [0.25, 0.3) is 15.3 Å². The Morgan fingerprint density at radius 1 is 1.26 bits per heavy atom. The molecule has 8 heteroatoms. The highest BCUT2D eigenvalue weighted by molar-refractivity contribution is 9.10. The Labute approximate surface area is 167 Å². The molecule has 0 saturated carbocycles. The van der Waals surface area contributed by atoms with E-state index >= 15 is 0 Å². The molecule has 1 aliphatic heterocycles. The van der Waals surface area contributed by atoms with Gasteiger partial charge in [-0.25, -0.2) is 4.98 Å². The Balaban J connectivity index is 1.68. The van der Waals surface area contributed by atoms with Crippen LogP contribution in [-0.2, 0) is 4.79 Å². The third-order valence-corrected chi connectivity index (χ3v) is 6.22. The lowest BCUT2D eigenvalue weighted by Gasteiger charge is -2.23. The van der Waals surface area contributed by atoms with E-state index in [9.17, 15) is 4.79 Å². The molecule has 0 radical (unpaired) electrons. The minimum Gasteiger partial charge on any atom is -0.310 e. The fourth-order valence-corrected chi connectivity index (χ4v) is 5.02. The number of benzene rings is 1. The van der Waals surface area contributed by atoms with Gasteiger partial charge in [0.05, 0.1) is 15.9 Å². The van der Waals surface area contributed by atoms with Crippen molar-refractivity contribution in [2.75, 3.05) is 5.32 Å². The second-order valence-corrected chi connectivity index (χ2v) is 8.38. The topological polar surface area (TPSA) is 72.7 Å². The van der Waals surface area contributed by atoms with Gasteiger partial charge in [-0.1, -0.05) is 27.3 Å². The average Bonchev–Trinajstić information content (AvgIpc) is 3.22. The number of carbonyl (C=O) groups is 1. The summed E-state index contributed by atoms with van der Waals surface area (Å²) in [6, 6.07) is 9.90. The molecule has 0 fully saturated rings. The molecule has 5 rings (SSSR count). The van der Waals surface area contributed by atoms with Crippen molar-refractivity contribution in [3.05, 3.63) is 64.0 Å². The zero-order chi connectivity index (χ0) is 18.5. The van der Waals surface area contributed by atoms with Gasteiger partial charge in [-0.3, -0.25) is 9.78 Å². The van der Waals surface area contributed by atoms with Crippen LogP contribution in [0.2, 0.25) is 0 Å². The van der Waals surface area contributed by atoms with Crippen LogP contribution in [0.4, 0.5) is 5.82 Å². The Hall–Kier alpha value is -2.58. The minimum atomic E-state index is -0.0333. The predicted octanol–water partition coefficient (Wildman–Crippen LogP) is 4.42. The Kier molecular flexibility index (Phi) is 3.84. The van der Waals surface area contributed by atoms with Gasteiger partial charge in [0.2, 0.25) is 11.0 Å². The van der Waals surface area contributed by atoms with Crippen LogP contribution in [0.3, 0.4) is 0 Å². The van der Waals surface area contributed by atoms with E-state index in [1.165, 1.54) is 0 Å². The fourth-order valence-electron chi connectivity index (χ4n) is 3.54. The number of nitrogens with one attached hydrogen (secondary N) is 1. The molecule has 1 atom stereocenters. The molecule has 3 aromatic heterocycles. The quantitative estimate of drug-likeness (QED) is 0.501. The first-order chi connectivity index (χ1) is 13.1. The number of aromatic nitrogens is 4. The molecule has 0 saturated heterocycles. The normalized spacial score (nSPS) is 16.4. The van der Waals surface area contributed by atoms with Gasteiger partial charge < -0.3 is 5.32 Å². The van der Waals surface area contributed by atoms with Gasteiger partial charge in [0.25, 0.3) is 0 Å². The molecule has 0 aliphatic carbocycles. The monoisotopic (exact) mass is 439 g/mol. The van der Waals surface area contributed by atoms with E-state index in [4.69, 9.17) is 10.1 Å². The smallest absolute Gasteiger partial charge is 0.226 e. The molecular formula is C19H14BrN5OS. The van der Waals surface area contributed by atoms with Crippen molar-refractivity contribution in [1.82, 2.24) is 19.7 Å².